The van der Waals surface area contributed by atoms with E-state index in [-0.39, 0.29) is 30.4 Å². The summed E-state index contributed by atoms with van der Waals surface area (Å²) < 4.78 is 9.68. The van der Waals surface area contributed by atoms with Gasteiger partial charge in [0, 0.05) is 31.6 Å². The summed E-state index contributed by atoms with van der Waals surface area (Å²) in [5, 5.41) is 14.6. The molecule has 11 heteroatoms. The number of carbonyl (C=O) groups is 3. The Hall–Kier alpha value is -3.24. The first-order chi connectivity index (χ1) is 14.2. The molecule has 1 unspecified atom stereocenters. The van der Waals surface area contributed by atoms with E-state index in [1.807, 2.05) is 0 Å². The number of halogens is 1. The van der Waals surface area contributed by atoms with Crippen molar-refractivity contribution in [2.45, 2.75) is 19.1 Å². The molecule has 1 heterocycles. The monoisotopic (exact) mass is 436 g/mol. The molecule has 0 radical (unpaired) electrons. The zero-order valence-electron chi connectivity index (χ0n) is 16.6. The highest BCUT2D eigenvalue weighted by atomic mass is 35.5. The topological polar surface area (TPSA) is 126 Å². The Bertz CT molecular complexity index is 927. The van der Waals surface area contributed by atoms with Crippen LogP contribution in [0.3, 0.4) is 0 Å². The highest BCUT2D eigenvalue weighted by molar-refractivity contribution is 6.30. The molecule has 1 N–H and O–H groups in total. The number of carbonyl (C=O) groups excluding carboxylic acids is 3. The molecule has 10 nitrogen and oxygen atoms in total. The molecule has 2 aromatic rings. The number of amides is 2. The molecule has 30 heavy (non-hydrogen) atoms. The lowest BCUT2D eigenvalue weighted by Gasteiger charge is -2.16. The largest absolute Gasteiger partial charge is 0.464 e. The average molecular weight is 437 g/mol. The van der Waals surface area contributed by atoms with Crippen LogP contribution in [0.1, 0.15) is 23.4 Å². The Balaban J connectivity index is 2.02. The second-order valence-corrected chi connectivity index (χ2v) is 6.74. The lowest BCUT2D eigenvalue weighted by Crippen LogP contribution is -2.29. The number of hydrogen-bond acceptors (Lipinski definition) is 8. The molecule has 1 aromatic heterocycles. The summed E-state index contributed by atoms with van der Waals surface area (Å²) in [5.74, 6) is -1.01. The summed E-state index contributed by atoms with van der Waals surface area (Å²) in [6.07, 6.45) is 0.615. The predicted molar refractivity (Wildman–Crippen MR) is 105 cm³/mol. The van der Waals surface area contributed by atoms with Gasteiger partial charge in [-0.2, -0.15) is 4.98 Å². The number of esters is 1. The number of benzene rings is 1. The molecular formula is C19H21ClN4O6. The number of aliphatic hydroxyl groups is 1. The van der Waals surface area contributed by atoms with Crippen molar-refractivity contribution in [3.8, 4) is 0 Å². The smallest absolute Gasteiger partial charge is 0.354 e. The van der Waals surface area contributed by atoms with Crippen LogP contribution in [0.25, 0.3) is 0 Å². The maximum absolute atomic E-state index is 12.4. The lowest BCUT2D eigenvalue weighted by molar-refractivity contribution is -0.139. The van der Waals surface area contributed by atoms with Gasteiger partial charge >= 0.3 is 5.97 Å². The van der Waals surface area contributed by atoms with Crippen molar-refractivity contribution in [1.82, 2.24) is 19.9 Å². The second kappa shape index (κ2) is 10.5. The van der Waals surface area contributed by atoms with Crippen molar-refractivity contribution in [2.24, 2.45) is 0 Å². The molecular weight excluding hydrogens is 416 g/mol. The predicted octanol–water partition coefficient (Wildman–Crippen LogP) is 1.10. The minimum atomic E-state index is -0.850. The fourth-order valence-corrected chi connectivity index (χ4v) is 2.51. The minimum Gasteiger partial charge on any atom is -0.464 e. The maximum atomic E-state index is 12.4. The number of methoxy groups -OCH3 is 1. The highest BCUT2D eigenvalue weighted by Crippen LogP contribution is 2.19. The zero-order valence-corrected chi connectivity index (χ0v) is 17.4. The standard InChI is InChI=1S/C19H21ClN4O6/c1-23(18(27)8-14(19(28)29-3)24(2)11-25)10-17-21-16(22-30-17)9-15(26)12-4-6-13(20)7-5-12/h4-8,11,15,26H,9-10H2,1-3H3/b14-8-. The van der Waals surface area contributed by atoms with Gasteiger partial charge in [0.15, 0.2) is 5.82 Å². The van der Waals surface area contributed by atoms with E-state index in [0.29, 0.717) is 17.0 Å². The first kappa shape index (κ1) is 23.0. The quantitative estimate of drug-likeness (QED) is 0.352. The van der Waals surface area contributed by atoms with Crippen LogP contribution in [-0.2, 0) is 32.1 Å². The highest BCUT2D eigenvalue weighted by Gasteiger charge is 2.20. The van der Waals surface area contributed by atoms with Gasteiger partial charge in [0.25, 0.3) is 0 Å². The molecule has 0 aliphatic heterocycles. The fraction of sp³-hybridized carbons (Fsp3) is 0.316. The number of rotatable bonds is 9. The van der Waals surface area contributed by atoms with E-state index in [2.05, 4.69) is 14.9 Å². The van der Waals surface area contributed by atoms with E-state index < -0.39 is 18.0 Å². The number of aromatic nitrogens is 2. The van der Waals surface area contributed by atoms with Crippen molar-refractivity contribution >= 4 is 29.9 Å². The van der Waals surface area contributed by atoms with Crippen LogP contribution >= 0.6 is 11.6 Å². The van der Waals surface area contributed by atoms with Gasteiger partial charge in [-0.3, -0.25) is 9.59 Å². The minimum absolute atomic E-state index is 0.0430. The number of ether oxygens (including phenoxy) is 1. The molecule has 2 rings (SSSR count). The van der Waals surface area contributed by atoms with Gasteiger partial charge in [-0.1, -0.05) is 28.9 Å². The van der Waals surface area contributed by atoms with Gasteiger partial charge in [-0.25, -0.2) is 4.79 Å². The van der Waals surface area contributed by atoms with E-state index in [0.717, 1.165) is 18.1 Å². The van der Waals surface area contributed by atoms with Crippen LogP contribution in [0.5, 0.6) is 0 Å². The Morgan fingerprint density at radius 3 is 2.57 bits per heavy atom. The Morgan fingerprint density at radius 1 is 1.30 bits per heavy atom. The summed E-state index contributed by atoms with van der Waals surface area (Å²) in [6, 6.07) is 6.73. The van der Waals surface area contributed by atoms with Crippen LogP contribution in [0.4, 0.5) is 0 Å². The SMILES string of the molecule is COC(=O)/C(=C/C(=O)N(C)Cc1nc(CC(O)c2ccc(Cl)cc2)no1)N(C)C=O. The van der Waals surface area contributed by atoms with Crippen molar-refractivity contribution in [2.75, 3.05) is 21.2 Å². The van der Waals surface area contributed by atoms with E-state index in [4.69, 9.17) is 16.1 Å². The third-order valence-electron chi connectivity index (χ3n) is 4.08. The van der Waals surface area contributed by atoms with Crippen molar-refractivity contribution in [1.29, 1.82) is 0 Å². The number of nitrogens with zero attached hydrogens (tertiary/aromatic N) is 4. The molecule has 0 aliphatic carbocycles. The van der Waals surface area contributed by atoms with Crippen LogP contribution in [0.15, 0.2) is 40.6 Å². The van der Waals surface area contributed by atoms with Crippen LogP contribution < -0.4 is 0 Å². The van der Waals surface area contributed by atoms with Gasteiger partial charge in [-0.15, -0.1) is 0 Å². The van der Waals surface area contributed by atoms with Gasteiger partial charge < -0.3 is 24.2 Å². The zero-order chi connectivity index (χ0) is 22.3. The van der Waals surface area contributed by atoms with Crippen molar-refractivity contribution in [3.63, 3.8) is 0 Å². The van der Waals surface area contributed by atoms with Gasteiger partial charge in [-0.05, 0) is 17.7 Å². The van der Waals surface area contributed by atoms with Gasteiger partial charge in [0.05, 0.1) is 19.8 Å². The summed E-state index contributed by atoms with van der Waals surface area (Å²) in [7, 11) is 3.92. The molecule has 160 valence electrons. The fourth-order valence-electron chi connectivity index (χ4n) is 2.39. The average Bonchev–Trinajstić information content (AvgIpc) is 3.17. The third-order valence-corrected chi connectivity index (χ3v) is 4.33. The van der Waals surface area contributed by atoms with E-state index in [1.54, 1.807) is 24.3 Å². The Morgan fingerprint density at radius 2 is 1.97 bits per heavy atom. The summed E-state index contributed by atoms with van der Waals surface area (Å²) in [6.45, 7) is -0.0430. The Kier molecular flexibility index (Phi) is 8.07. The Labute approximate surface area is 177 Å². The molecule has 0 aliphatic rings. The van der Waals surface area contributed by atoms with Crippen LogP contribution in [0.2, 0.25) is 5.02 Å². The van der Waals surface area contributed by atoms with E-state index >= 15 is 0 Å². The van der Waals surface area contributed by atoms with Crippen LogP contribution in [0, 0.1) is 0 Å². The lowest BCUT2D eigenvalue weighted by atomic mass is 10.1. The number of aliphatic hydroxyl groups excluding tert-OH is 1. The molecule has 2 amide bonds. The van der Waals surface area contributed by atoms with Gasteiger partial charge in [0.2, 0.25) is 18.2 Å². The first-order valence-corrected chi connectivity index (χ1v) is 9.11. The molecule has 0 spiro atoms. The molecule has 0 bridgehead atoms. The third kappa shape index (κ3) is 6.13. The number of hydrogen-bond donors (Lipinski definition) is 1. The summed E-state index contributed by atoms with van der Waals surface area (Å²) >= 11 is 5.83. The second-order valence-electron chi connectivity index (χ2n) is 6.31. The first-order valence-electron chi connectivity index (χ1n) is 8.73. The van der Waals surface area contributed by atoms with Crippen molar-refractivity contribution in [3.05, 3.63) is 58.3 Å². The van der Waals surface area contributed by atoms with E-state index in [1.165, 1.54) is 19.0 Å². The summed E-state index contributed by atoms with van der Waals surface area (Å²) in [4.78, 5) is 41.3. The van der Waals surface area contributed by atoms with Crippen LogP contribution in [-0.4, -0.2) is 64.5 Å². The molecule has 0 fully saturated rings. The van der Waals surface area contributed by atoms with E-state index in [9.17, 15) is 19.5 Å². The summed E-state index contributed by atoms with van der Waals surface area (Å²) in [5.41, 5.74) is 0.430. The normalized spacial score (nSPS) is 12.2. The van der Waals surface area contributed by atoms with Gasteiger partial charge in [0.1, 0.15) is 5.70 Å². The molecule has 0 saturated heterocycles. The molecule has 1 atom stereocenters. The maximum Gasteiger partial charge on any atom is 0.354 e. The molecule has 1 aromatic carbocycles. The number of likely N-dealkylation sites (N-methyl/N-ethyl adjacent to an activating group) is 2. The van der Waals surface area contributed by atoms with Crippen molar-refractivity contribution < 1.29 is 28.8 Å². The molecule has 0 saturated carbocycles.